The van der Waals surface area contributed by atoms with E-state index in [0.717, 1.165) is 10.0 Å². The summed E-state index contributed by atoms with van der Waals surface area (Å²) < 4.78 is 7.61. The highest BCUT2D eigenvalue weighted by molar-refractivity contribution is 9.10. The fourth-order valence-corrected chi connectivity index (χ4v) is 3.14. The third-order valence-corrected chi connectivity index (χ3v) is 4.73. The predicted molar refractivity (Wildman–Crippen MR) is 103 cm³/mol. The number of nitrogens with zero attached hydrogens (tertiary/aromatic N) is 2. The number of fused-ring (bicyclic) bond motifs is 1. The summed E-state index contributed by atoms with van der Waals surface area (Å²) >= 11 is 9.21. The Morgan fingerprint density at radius 2 is 2.00 bits per heavy atom. The van der Waals surface area contributed by atoms with Crippen LogP contribution < -0.4 is 5.56 Å². The molecular weight excluding hydrogens is 420 g/mol. The van der Waals surface area contributed by atoms with E-state index < -0.39 is 0 Å². The Balaban J connectivity index is 1.76. The van der Waals surface area contributed by atoms with Crippen molar-refractivity contribution < 1.29 is 9.53 Å². The minimum Gasteiger partial charge on any atom is -0.459 e. The summed E-state index contributed by atoms with van der Waals surface area (Å²) in [5.74, 6) is -0.739. The Morgan fingerprint density at radius 3 is 2.69 bits per heavy atom. The molecule has 0 radical (unpaired) electrons. The van der Waals surface area contributed by atoms with Gasteiger partial charge in [0.2, 0.25) is 0 Å². The van der Waals surface area contributed by atoms with Gasteiger partial charge in [0.15, 0.2) is 0 Å². The first kappa shape index (κ1) is 18.6. The van der Waals surface area contributed by atoms with Crippen molar-refractivity contribution in [3.8, 4) is 0 Å². The Morgan fingerprint density at radius 1 is 1.27 bits per heavy atom. The van der Waals surface area contributed by atoms with E-state index in [2.05, 4.69) is 20.9 Å². The van der Waals surface area contributed by atoms with Gasteiger partial charge < -0.3 is 4.74 Å². The van der Waals surface area contributed by atoms with Gasteiger partial charge in [0.1, 0.15) is 12.3 Å². The maximum absolute atomic E-state index is 12.5. The summed E-state index contributed by atoms with van der Waals surface area (Å²) in [7, 11) is 0. The maximum Gasteiger partial charge on any atom is 0.313 e. The number of benzene rings is 1. The normalized spacial score (nSPS) is 12.1. The minimum atomic E-state index is -0.384. The van der Waals surface area contributed by atoms with Crippen LogP contribution in [-0.2, 0) is 16.1 Å². The first-order valence-corrected chi connectivity index (χ1v) is 9.25. The Hall–Kier alpha value is -2.18. The summed E-state index contributed by atoms with van der Waals surface area (Å²) in [4.78, 5) is 29.0. The quantitative estimate of drug-likeness (QED) is 0.559. The second kappa shape index (κ2) is 8.01. The van der Waals surface area contributed by atoms with Crippen LogP contribution in [0.5, 0.6) is 0 Å². The number of carbonyl (C=O) groups is 1. The van der Waals surface area contributed by atoms with Gasteiger partial charge in [-0.15, -0.1) is 0 Å². The van der Waals surface area contributed by atoms with Crippen molar-refractivity contribution in [1.82, 2.24) is 9.38 Å². The lowest BCUT2D eigenvalue weighted by Crippen LogP contribution is -2.19. The van der Waals surface area contributed by atoms with E-state index in [4.69, 9.17) is 16.3 Å². The molecule has 0 saturated heterocycles. The van der Waals surface area contributed by atoms with Crippen LogP contribution in [0.2, 0.25) is 5.02 Å². The number of pyridine rings is 1. The van der Waals surface area contributed by atoms with Crippen LogP contribution in [0, 0.1) is 0 Å². The van der Waals surface area contributed by atoms with E-state index in [1.807, 2.05) is 19.1 Å². The molecule has 0 N–H and O–H groups in total. The van der Waals surface area contributed by atoms with Crippen LogP contribution >= 0.6 is 27.5 Å². The zero-order valence-corrected chi connectivity index (χ0v) is 16.3. The Labute approximate surface area is 163 Å². The number of rotatable bonds is 5. The van der Waals surface area contributed by atoms with E-state index in [0.29, 0.717) is 22.8 Å². The van der Waals surface area contributed by atoms with Crippen molar-refractivity contribution in [3.05, 3.63) is 79.8 Å². The van der Waals surface area contributed by atoms with Crippen molar-refractivity contribution in [2.45, 2.75) is 25.9 Å². The minimum absolute atomic E-state index is 0.0509. The van der Waals surface area contributed by atoms with Crippen LogP contribution in [0.4, 0.5) is 0 Å². The number of esters is 1. The van der Waals surface area contributed by atoms with Crippen LogP contribution in [0.1, 0.15) is 30.5 Å². The van der Waals surface area contributed by atoms with E-state index in [9.17, 15) is 9.59 Å². The van der Waals surface area contributed by atoms with E-state index in [1.54, 1.807) is 30.5 Å². The molecule has 2 aromatic heterocycles. The predicted octanol–water partition coefficient (Wildman–Crippen LogP) is 4.35. The molecule has 2 heterocycles. The average Bonchev–Trinajstić information content (AvgIpc) is 2.63. The van der Waals surface area contributed by atoms with Gasteiger partial charge in [-0.1, -0.05) is 30.7 Å². The van der Waals surface area contributed by atoms with E-state index >= 15 is 0 Å². The molecule has 0 aliphatic carbocycles. The number of halogens is 2. The van der Waals surface area contributed by atoms with Crippen molar-refractivity contribution in [2.24, 2.45) is 0 Å². The third-order valence-electron chi connectivity index (χ3n) is 4.00. The van der Waals surface area contributed by atoms with Gasteiger partial charge in [0, 0.05) is 21.8 Å². The van der Waals surface area contributed by atoms with Crippen LogP contribution in [0.15, 0.2) is 57.9 Å². The van der Waals surface area contributed by atoms with Crippen molar-refractivity contribution in [2.75, 3.05) is 0 Å². The van der Waals surface area contributed by atoms with Gasteiger partial charge in [-0.05, 0) is 52.2 Å². The van der Waals surface area contributed by atoms with Crippen molar-refractivity contribution >= 4 is 39.1 Å². The second-order valence-electron chi connectivity index (χ2n) is 5.78. The largest absolute Gasteiger partial charge is 0.459 e. The highest BCUT2D eigenvalue weighted by Gasteiger charge is 2.20. The number of carbonyl (C=O) groups excluding carboxylic acids is 1. The maximum atomic E-state index is 12.5. The summed E-state index contributed by atoms with van der Waals surface area (Å²) in [6.07, 6.45) is 2.25. The lowest BCUT2D eigenvalue weighted by molar-refractivity contribution is -0.147. The first-order chi connectivity index (χ1) is 12.5. The topological polar surface area (TPSA) is 60.7 Å². The van der Waals surface area contributed by atoms with Crippen LogP contribution in [-0.4, -0.2) is 15.4 Å². The summed E-state index contributed by atoms with van der Waals surface area (Å²) in [6, 6.07) is 12.0. The first-order valence-electron chi connectivity index (χ1n) is 8.08. The monoisotopic (exact) mass is 434 g/mol. The third kappa shape index (κ3) is 4.14. The molecular formula is C19H16BrClN2O3. The Bertz CT molecular complexity index is 1000. The molecule has 3 aromatic rings. The molecule has 0 fully saturated rings. The smallest absolute Gasteiger partial charge is 0.313 e. The van der Waals surface area contributed by atoms with E-state index in [-0.39, 0.29) is 24.1 Å². The molecule has 1 unspecified atom stereocenters. The molecule has 0 aliphatic heterocycles. The SMILES string of the molecule is CCC(C(=O)OCc1cc(=O)n2cc(Br)ccc2n1)c1ccc(Cl)cc1. The van der Waals surface area contributed by atoms with E-state index in [1.165, 1.54) is 10.5 Å². The molecule has 3 rings (SSSR count). The summed E-state index contributed by atoms with van der Waals surface area (Å²) in [6.45, 7) is 1.86. The molecule has 0 amide bonds. The standard InChI is InChI=1S/C19H16BrClN2O3/c1-2-16(12-3-6-14(21)7-4-12)19(25)26-11-15-9-18(24)23-10-13(20)5-8-17(23)22-15/h3-10,16H,2,11H2,1H3. The van der Waals surface area contributed by atoms with Gasteiger partial charge in [0.25, 0.3) is 5.56 Å². The number of ether oxygens (including phenoxy) is 1. The number of aromatic nitrogens is 2. The molecule has 0 aliphatic rings. The molecule has 0 saturated carbocycles. The van der Waals surface area contributed by atoms with Crippen molar-refractivity contribution in [3.63, 3.8) is 0 Å². The summed E-state index contributed by atoms with van der Waals surface area (Å²) in [5.41, 5.74) is 1.53. The lowest BCUT2D eigenvalue weighted by Gasteiger charge is -2.14. The molecule has 1 aromatic carbocycles. The molecule has 0 bridgehead atoms. The van der Waals surface area contributed by atoms with Crippen molar-refractivity contribution in [1.29, 1.82) is 0 Å². The molecule has 1 atom stereocenters. The molecule has 134 valence electrons. The number of hydrogen-bond acceptors (Lipinski definition) is 4. The summed E-state index contributed by atoms with van der Waals surface area (Å²) in [5, 5.41) is 0.615. The molecule has 7 heteroatoms. The Kier molecular flexibility index (Phi) is 5.74. The zero-order chi connectivity index (χ0) is 18.7. The second-order valence-corrected chi connectivity index (χ2v) is 7.13. The van der Waals surface area contributed by atoms with Crippen LogP contribution in [0.25, 0.3) is 5.65 Å². The highest BCUT2D eigenvalue weighted by atomic mass is 79.9. The highest BCUT2D eigenvalue weighted by Crippen LogP contribution is 2.23. The average molecular weight is 436 g/mol. The molecule has 0 spiro atoms. The van der Waals surface area contributed by atoms with Gasteiger partial charge in [-0.3, -0.25) is 14.0 Å². The fourth-order valence-electron chi connectivity index (χ4n) is 2.68. The van der Waals surface area contributed by atoms with Gasteiger partial charge >= 0.3 is 5.97 Å². The number of hydrogen-bond donors (Lipinski definition) is 0. The van der Waals surface area contributed by atoms with Gasteiger partial charge in [-0.25, -0.2) is 4.98 Å². The molecule has 5 nitrogen and oxygen atoms in total. The van der Waals surface area contributed by atoms with Gasteiger partial charge in [0.05, 0.1) is 11.6 Å². The zero-order valence-electron chi connectivity index (χ0n) is 14.0. The lowest BCUT2D eigenvalue weighted by atomic mass is 9.97. The van der Waals surface area contributed by atoms with Gasteiger partial charge in [-0.2, -0.15) is 0 Å². The fraction of sp³-hybridized carbons (Fsp3) is 0.211. The van der Waals surface area contributed by atoms with Crippen LogP contribution in [0.3, 0.4) is 0 Å². The molecule has 26 heavy (non-hydrogen) atoms.